The summed E-state index contributed by atoms with van der Waals surface area (Å²) < 4.78 is 1.76. The fraction of sp³-hybridized carbons (Fsp3) is 0.350. The summed E-state index contributed by atoms with van der Waals surface area (Å²) >= 11 is 1.45. The molecule has 3 aromatic rings. The normalized spacial score (nSPS) is 23.9. The van der Waals surface area contributed by atoms with Crippen LogP contribution in [0.25, 0.3) is 10.9 Å². The van der Waals surface area contributed by atoms with Crippen LogP contribution in [-0.4, -0.2) is 45.1 Å². The summed E-state index contributed by atoms with van der Waals surface area (Å²) in [5.74, 6) is 0.316. The summed E-state index contributed by atoms with van der Waals surface area (Å²) in [5.41, 5.74) is 1.49. The molecule has 7 heteroatoms. The van der Waals surface area contributed by atoms with Crippen LogP contribution in [0, 0.1) is 5.92 Å². The minimum atomic E-state index is -0.00357. The third kappa shape index (κ3) is 2.65. The third-order valence-electron chi connectivity index (χ3n) is 5.82. The number of rotatable bonds is 3. The van der Waals surface area contributed by atoms with E-state index in [9.17, 15) is 9.59 Å². The van der Waals surface area contributed by atoms with Crippen molar-refractivity contribution in [3.05, 3.63) is 52.3 Å². The summed E-state index contributed by atoms with van der Waals surface area (Å²) in [4.78, 5) is 28.2. The lowest BCUT2D eigenvalue weighted by atomic mass is 10.0. The average molecular weight is 380 g/mol. The molecule has 27 heavy (non-hydrogen) atoms. The van der Waals surface area contributed by atoms with Crippen molar-refractivity contribution in [1.82, 2.24) is 20.0 Å². The van der Waals surface area contributed by atoms with Gasteiger partial charge in [-0.25, -0.2) is 0 Å². The van der Waals surface area contributed by atoms with E-state index in [1.165, 1.54) is 11.3 Å². The predicted molar refractivity (Wildman–Crippen MR) is 104 cm³/mol. The molecule has 138 valence electrons. The molecular formula is C20H20N4O2S. The Morgan fingerprint density at radius 1 is 1.19 bits per heavy atom. The number of fused-ring (bicyclic) bond motifs is 3. The molecule has 1 saturated heterocycles. The number of nitrogens with zero attached hydrogens (tertiary/aromatic N) is 3. The topological polar surface area (TPSA) is 67.2 Å². The minimum absolute atomic E-state index is 0.00216. The van der Waals surface area contributed by atoms with Gasteiger partial charge < -0.3 is 10.2 Å². The molecule has 2 fully saturated rings. The zero-order valence-electron chi connectivity index (χ0n) is 15.0. The quantitative estimate of drug-likeness (QED) is 0.760. The van der Waals surface area contributed by atoms with Crippen molar-refractivity contribution in [2.75, 3.05) is 6.54 Å². The fourth-order valence-corrected chi connectivity index (χ4v) is 5.16. The van der Waals surface area contributed by atoms with Crippen molar-refractivity contribution in [1.29, 1.82) is 0 Å². The summed E-state index contributed by atoms with van der Waals surface area (Å²) in [7, 11) is 1.87. The van der Waals surface area contributed by atoms with E-state index in [4.69, 9.17) is 0 Å². The van der Waals surface area contributed by atoms with E-state index in [1.807, 2.05) is 53.7 Å². The molecular weight excluding hydrogens is 360 g/mol. The molecule has 1 saturated carbocycles. The molecule has 3 unspecified atom stereocenters. The maximum absolute atomic E-state index is 13.1. The Morgan fingerprint density at radius 2 is 2.04 bits per heavy atom. The summed E-state index contributed by atoms with van der Waals surface area (Å²) in [5, 5.41) is 10.4. The van der Waals surface area contributed by atoms with Gasteiger partial charge in [0.05, 0.1) is 10.4 Å². The van der Waals surface area contributed by atoms with Crippen molar-refractivity contribution in [2.24, 2.45) is 13.0 Å². The number of piperidine rings is 1. The Bertz CT molecular complexity index is 1030. The van der Waals surface area contributed by atoms with Crippen LogP contribution in [0.15, 0.2) is 41.8 Å². The number of carbonyl (C=O) groups is 2. The number of thiophene rings is 1. The SMILES string of the molecule is Cn1nc(C(=O)N2CC3CC2CC3NC(=O)c2cccs2)c2ccccc21. The molecule has 2 amide bonds. The Hall–Kier alpha value is -2.67. The molecule has 0 radical (unpaired) electrons. The van der Waals surface area contributed by atoms with Crippen LogP contribution < -0.4 is 5.32 Å². The molecule has 1 aliphatic heterocycles. The first-order valence-electron chi connectivity index (χ1n) is 9.19. The first-order valence-corrected chi connectivity index (χ1v) is 10.1. The molecule has 1 aromatic carbocycles. The predicted octanol–water partition coefficient (Wildman–Crippen LogP) is 2.67. The number of hydrogen-bond acceptors (Lipinski definition) is 4. The van der Waals surface area contributed by atoms with Gasteiger partial charge in [-0.3, -0.25) is 14.3 Å². The van der Waals surface area contributed by atoms with Gasteiger partial charge in [-0.05, 0) is 36.3 Å². The van der Waals surface area contributed by atoms with Crippen molar-refractivity contribution < 1.29 is 9.59 Å². The van der Waals surface area contributed by atoms with E-state index in [2.05, 4.69) is 10.4 Å². The third-order valence-corrected chi connectivity index (χ3v) is 6.69. The van der Waals surface area contributed by atoms with Gasteiger partial charge in [0, 0.05) is 31.1 Å². The number of likely N-dealkylation sites (tertiary alicyclic amines) is 1. The lowest BCUT2D eigenvalue weighted by molar-refractivity contribution is 0.0675. The lowest BCUT2D eigenvalue weighted by Crippen LogP contribution is -2.47. The van der Waals surface area contributed by atoms with E-state index in [0.29, 0.717) is 18.2 Å². The number of para-hydroxylation sites is 1. The molecule has 1 aliphatic carbocycles. The van der Waals surface area contributed by atoms with Crippen molar-refractivity contribution in [3.8, 4) is 0 Å². The van der Waals surface area contributed by atoms with Crippen LogP contribution >= 0.6 is 11.3 Å². The van der Waals surface area contributed by atoms with Gasteiger partial charge in [-0.15, -0.1) is 11.3 Å². The van der Waals surface area contributed by atoms with Gasteiger partial charge in [0.2, 0.25) is 0 Å². The Kier molecular flexibility index (Phi) is 3.79. The van der Waals surface area contributed by atoms with E-state index in [-0.39, 0.29) is 23.9 Å². The highest BCUT2D eigenvalue weighted by Crippen LogP contribution is 2.39. The van der Waals surface area contributed by atoms with Gasteiger partial charge in [0.15, 0.2) is 5.69 Å². The molecule has 5 rings (SSSR count). The smallest absolute Gasteiger partial charge is 0.275 e. The monoisotopic (exact) mass is 380 g/mol. The zero-order valence-corrected chi connectivity index (χ0v) is 15.8. The highest BCUT2D eigenvalue weighted by Gasteiger charge is 2.47. The zero-order chi connectivity index (χ0) is 18.5. The largest absolute Gasteiger partial charge is 0.348 e. The van der Waals surface area contributed by atoms with Crippen LogP contribution in [0.3, 0.4) is 0 Å². The van der Waals surface area contributed by atoms with Crippen LogP contribution in [0.5, 0.6) is 0 Å². The van der Waals surface area contributed by atoms with Gasteiger partial charge in [-0.1, -0.05) is 24.3 Å². The number of aromatic nitrogens is 2. The molecule has 2 bridgehead atoms. The van der Waals surface area contributed by atoms with Crippen LogP contribution in [0.1, 0.15) is 33.0 Å². The Balaban J connectivity index is 1.32. The standard InChI is InChI=1S/C20H20N4O2S/c1-23-16-6-3-2-5-14(16)18(22-23)20(26)24-11-12-9-13(24)10-15(12)21-19(25)17-7-4-8-27-17/h2-8,12-13,15H,9-11H2,1H3,(H,21,25). The van der Waals surface area contributed by atoms with Gasteiger partial charge in [-0.2, -0.15) is 5.10 Å². The highest BCUT2D eigenvalue weighted by atomic mass is 32.1. The molecule has 3 heterocycles. The first kappa shape index (κ1) is 16.5. The second-order valence-corrected chi connectivity index (χ2v) is 8.34. The minimum Gasteiger partial charge on any atom is -0.348 e. The number of benzene rings is 1. The van der Waals surface area contributed by atoms with Gasteiger partial charge in [0.1, 0.15) is 0 Å². The summed E-state index contributed by atoms with van der Waals surface area (Å²) in [6, 6.07) is 11.9. The second kappa shape index (κ2) is 6.20. The van der Waals surface area contributed by atoms with Crippen LogP contribution in [0.2, 0.25) is 0 Å². The Morgan fingerprint density at radius 3 is 2.78 bits per heavy atom. The molecule has 2 aromatic heterocycles. The summed E-state index contributed by atoms with van der Waals surface area (Å²) in [6.45, 7) is 0.684. The molecule has 0 spiro atoms. The van der Waals surface area contributed by atoms with Crippen LogP contribution in [-0.2, 0) is 7.05 Å². The lowest BCUT2D eigenvalue weighted by Gasteiger charge is -2.31. The number of nitrogens with one attached hydrogen (secondary N) is 1. The van der Waals surface area contributed by atoms with Gasteiger partial charge in [0.25, 0.3) is 11.8 Å². The molecule has 2 aliphatic rings. The average Bonchev–Trinajstić information content (AvgIpc) is 3.45. The maximum atomic E-state index is 13.1. The fourth-order valence-electron chi connectivity index (χ4n) is 4.53. The second-order valence-electron chi connectivity index (χ2n) is 7.39. The number of amides is 2. The molecule has 3 atom stereocenters. The van der Waals surface area contributed by atoms with Crippen molar-refractivity contribution in [2.45, 2.75) is 24.9 Å². The molecule has 6 nitrogen and oxygen atoms in total. The Labute approximate surface area is 160 Å². The van der Waals surface area contributed by atoms with Gasteiger partial charge >= 0.3 is 0 Å². The number of aryl methyl sites for hydroxylation is 1. The molecule has 1 N–H and O–H groups in total. The highest BCUT2D eigenvalue weighted by molar-refractivity contribution is 7.12. The number of hydrogen-bond donors (Lipinski definition) is 1. The summed E-state index contributed by atoms with van der Waals surface area (Å²) in [6.07, 6.45) is 1.77. The first-order chi connectivity index (χ1) is 13.1. The van der Waals surface area contributed by atoms with E-state index >= 15 is 0 Å². The van der Waals surface area contributed by atoms with Crippen molar-refractivity contribution >= 4 is 34.1 Å². The van der Waals surface area contributed by atoms with E-state index in [0.717, 1.165) is 28.6 Å². The van der Waals surface area contributed by atoms with E-state index in [1.54, 1.807) is 4.68 Å². The number of carbonyl (C=O) groups excluding carboxylic acids is 2. The van der Waals surface area contributed by atoms with Crippen molar-refractivity contribution in [3.63, 3.8) is 0 Å². The maximum Gasteiger partial charge on any atom is 0.275 e. The van der Waals surface area contributed by atoms with Crippen LogP contribution in [0.4, 0.5) is 0 Å². The van der Waals surface area contributed by atoms with E-state index < -0.39 is 0 Å².